The summed E-state index contributed by atoms with van der Waals surface area (Å²) in [4.78, 5) is 16.3. The van der Waals surface area contributed by atoms with Crippen LogP contribution in [0.4, 0.5) is 4.39 Å². The van der Waals surface area contributed by atoms with Gasteiger partial charge in [-0.3, -0.25) is 0 Å². The van der Waals surface area contributed by atoms with E-state index in [2.05, 4.69) is 4.99 Å². The van der Waals surface area contributed by atoms with E-state index in [0.29, 0.717) is 40.9 Å². The van der Waals surface area contributed by atoms with Crippen molar-refractivity contribution in [2.75, 3.05) is 13.2 Å². The van der Waals surface area contributed by atoms with Crippen LogP contribution in [-0.2, 0) is 9.53 Å². The molecule has 146 valence electrons. The van der Waals surface area contributed by atoms with Crippen LogP contribution in [0.2, 0.25) is 5.02 Å². The molecule has 0 saturated heterocycles. The van der Waals surface area contributed by atoms with Gasteiger partial charge in [-0.1, -0.05) is 24.6 Å². The topological polar surface area (TPSA) is 57.1 Å². The third kappa shape index (κ3) is 4.51. The number of halogens is 2. The zero-order valence-corrected chi connectivity index (χ0v) is 16.3. The SMILES string of the molecule is CCCOc1c(Cl)cc(/C=C2/N=C(c3cccc(F)c3)OC2=O)cc1OCC. The molecule has 0 atom stereocenters. The van der Waals surface area contributed by atoms with Crippen molar-refractivity contribution >= 4 is 29.5 Å². The molecule has 28 heavy (non-hydrogen) atoms. The Bertz CT molecular complexity index is 955. The van der Waals surface area contributed by atoms with E-state index in [9.17, 15) is 9.18 Å². The number of cyclic esters (lactones) is 1. The highest BCUT2D eigenvalue weighted by atomic mass is 35.5. The molecule has 0 spiro atoms. The minimum Gasteiger partial charge on any atom is -0.490 e. The number of esters is 1. The summed E-state index contributed by atoms with van der Waals surface area (Å²) in [6.45, 7) is 4.79. The summed E-state index contributed by atoms with van der Waals surface area (Å²) in [5.74, 6) is -0.0691. The minimum atomic E-state index is -0.625. The van der Waals surface area contributed by atoms with E-state index in [-0.39, 0.29) is 11.6 Å². The fourth-order valence-corrected chi connectivity index (χ4v) is 2.86. The van der Waals surface area contributed by atoms with Gasteiger partial charge in [0.2, 0.25) is 5.90 Å². The van der Waals surface area contributed by atoms with Crippen LogP contribution in [0.5, 0.6) is 11.5 Å². The van der Waals surface area contributed by atoms with Gasteiger partial charge in [-0.15, -0.1) is 0 Å². The molecule has 0 radical (unpaired) electrons. The lowest BCUT2D eigenvalue weighted by molar-refractivity contribution is -0.129. The highest BCUT2D eigenvalue weighted by molar-refractivity contribution is 6.32. The molecule has 1 aliphatic rings. The number of benzene rings is 2. The van der Waals surface area contributed by atoms with Crippen molar-refractivity contribution in [2.45, 2.75) is 20.3 Å². The van der Waals surface area contributed by atoms with Crippen molar-refractivity contribution in [3.63, 3.8) is 0 Å². The zero-order valence-electron chi connectivity index (χ0n) is 15.5. The summed E-state index contributed by atoms with van der Waals surface area (Å²) >= 11 is 6.34. The molecule has 2 aromatic rings. The predicted molar refractivity (Wildman–Crippen MR) is 105 cm³/mol. The monoisotopic (exact) mass is 403 g/mol. The Morgan fingerprint density at radius 2 is 2.04 bits per heavy atom. The fraction of sp³-hybridized carbons (Fsp3) is 0.238. The lowest BCUT2D eigenvalue weighted by Gasteiger charge is -2.14. The molecule has 1 heterocycles. The van der Waals surface area contributed by atoms with E-state index in [1.165, 1.54) is 24.3 Å². The number of aliphatic imine (C=N–C) groups is 1. The molecule has 0 N–H and O–H groups in total. The maximum absolute atomic E-state index is 13.4. The molecule has 0 bridgehead atoms. The molecular weight excluding hydrogens is 385 g/mol. The number of ether oxygens (including phenoxy) is 3. The number of carbonyl (C=O) groups excluding carboxylic acids is 1. The van der Waals surface area contributed by atoms with Crippen LogP contribution in [0.1, 0.15) is 31.4 Å². The smallest absolute Gasteiger partial charge is 0.363 e. The molecule has 0 unspecified atom stereocenters. The number of hydrogen-bond acceptors (Lipinski definition) is 5. The number of hydrogen-bond donors (Lipinski definition) is 0. The third-order valence-corrected chi connectivity index (χ3v) is 4.06. The maximum atomic E-state index is 13.4. The third-order valence-electron chi connectivity index (χ3n) is 3.78. The molecule has 7 heteroatoms. The molecule has 0 aliphatic carbocycles. The van der Waals surface area contributed by atoms with Gasteiger partial charge in [0.05, 0.1) is 18.2 Å². The van der Waals surface area contributed by atoms with Crippen molar-refractivity contribution in [2.24, 2.45) is 4.99 Å². The van der Waals surface area contributed by atoms with E-state index in [0.717, 1.165) is 6.42 Å². The van der Waals surface area contributed by atoms with E-state index in [1.807, 2.05) is 13.8 Å². The Morgan fingerprint density at radius 1 is 1.21 bits per heavy atom. The lowest BCUT2D eigenvalue weighted by atomic mass is 10.1. The van der Waals surface area contributed by atoms with Crippen molar-refractivity contribution in [3.05, 3.63) is 64.1 Å². The summed E-state index contributed by atoms with van der Waals surface area (Å²) in [7, 11) is 0. The average Bonchev–Trinajstić information content (AvgIpc) is 3.02. The van der Waals surface area contributed by atoms with Gasteiger partial charge in [-0.2, -0.15) is 0 Å². The minimum absolute atomic E-state index is 0.0507. The van der Waals surface area contributed by atoms with E-state index < -0.39 is 11.8 Å². The van der Waals surface area contributed by atoms with Crippen molar-refractivity contribution in [3.8, 4) is 11.5 Å². The first-order chi connectivity index (χ1) is 13.5. The molecule has 2 aromatic carbocycles. The quantitative estimate of drug-likeness (QED) is 0.481. The second-order valence-corrected chi connectivity index (χ2v) is 6.37. The van der Waals surface area contributed by atoms with Crippen LogP contribution in [0, 0.1) is 5.82 Å². The van der Waals surface area contributed by atoms with Crippen molar-refractivity contribution in [1.29, 1.82) is 0 Å². The van der Waals surface area contributed by atoms with Gasteiger partial charge >= 0.3 is 5.97 Å². The second kappa shape index (κ2) is 8.89. The summed E-state index contributed by atoms with van der Waals surface area (Å²) in [5, 5.41) is 0.368. The second-order valence-electron chi connectivity index (χ2n) is 5.96. The zero-order chi connectivity index (χ0) is 20.1. The van der Waals surface area contributed by atoms with Crippen LogP contribution in [0.15, 0.2) is 47.1 Å². The van der Waals surface area contributed by atoms with Crippen molar-refractivity contribution in [1.82, 2.24) is 0 Å². The van der Waals surface area contributed by atoms with E-state index in [4.69, 9.17) is 25.8 Å². The Balaban J connectivity index is 1.94. The summed E-state index contributed by atoms with van der Waals surface area (Å²) in [5.41, 5.74) is 1.07. The highest BCUT2D eigenvalue weighted by Gasteiger charge is 2.24. The summed E-state index contributed by atoms with van der Waals surface area (Å²) in [6.07, 6.45) is 2.36. The number of nitrogens with zero attached hydrogens (tertiary/aromatic N) is 1. The Morgan fingerprint density at radius 3 is 2.75 bits per heavy atom. The van der Waals surface area contributed by atoms with Crippen LogP contribution >= 0.6 is 11.6 Å². The molecule has 0 amide bonds. The first kappa shape index (κ1) is 19.9. The van der Waals surface area contributed by atoms with Gasteiger partial charge < -0.3 is 14.2 Å². The standard InChI is InChI=1S/C21H19ClFNO4/c1-3-8-27-19-16(22)9-13(11-18(19)26-4-2)10-17-21(25)28-20(24-17)14-6-5-7-15(23)12-14/h5-7,9-12H,3-4,8H2,1-2H3/b17-10+. The molecule has 0 saturated carbocycles. The largest absolute Gasteiger partial charge is 0.490 e. The number of rotatable bonds is 7. The molecule has 0 aromatic heterocycles. The van der Waals surface area contributed by atoms with E-state index >= 15 is 0 Å². The first-order valence-corrected chi connectivity index (χ1v) is 9.27. The van der Waals surface area contributed by atoms with Gasteiger partial charge in [0.15, 0.2) is 17.2 Å². The lowest BCUT2D eigenvalue weighted by Crippen LogP contribution is -2.05. The van der Waals surface area contributed by atoms with Gasteiger partial charge in [0.1, 0.15) is 5.82 Å². The molecule has 0 fully saturated rings. The summed E-state index contributed by atoms with van der Waals surface area (Å²) in [6, 6.07) is 9.06. The predicted octanol–water partition coefficient (Wildman–Crippen LogP) is 5.01. The van der Waals surface area contributed by atoms with Crippen LogP contribution in [0.3, 0.4) is 0 Å². The van der Waals surface area contributed by atoms with Gasteiger partial charge in [-0.25, -0.2) is 14.2 Å². The van der Waals surface area contributed by atoms with Crippen LogP contribution < -0.4 is 9.47 Å². The molecule has 1 aliphatic heterocycles. The van der Waals surface area contributed by atoms with Gasteiger partial charge in [0, 0.05) is 5.56 Å². The molecule has 3 rings (SSSR count). The van der Waals surface area contributed by atoms with E-state index in [1.54, 1.807) is 18.2 Å². The van der Waals surface area contributed by atoms with Gasteiger partial charge in [-0.05, 0) is 55.3 Å². The number of carbonyl (C=O) groups is 1. The van der Waals surface area contributed by atoms with Crippen LogP contribution in [0.25, 0.3) is 6.08 Å². The Kier molecular flexibility index (Phi) is 6.31. The Labute approximate surface area is 167 Å². The maximum Gasteiger partial charge on any atom is 0.363 e. The first-order valence-electron chi connectivity index (χ1n) is 8.89. The average molecular weight is 404 g/mol. The Hall–Kier alpha value is -2.86. The fourth-order valence-electron chi connectivity index (χ4n) is 2.59. The van der Waals surface area contributed by atoms with Crippen LogP contribution in [-0.4, -0.2) is 25.1 Å². The van der Waals surface area contributed by atoms with Gasteiger partial charge in [0.25, 0.3) is 0 Å². The van der Waals surface area contributed by atoms with Crippen molar-refractivity contribution < 1.29 is 23.4 Å². The molecule has 5 nitrogen and oxygen atoms in total. The summed E-state index contributed by atoms with van der Waals surface area (Å²) < 4.78 is 29.8. The normalized spacial score (nSPS) is 14.8. The molecular formula is C21H19ClFNO4. The highest BCUT2D eigenvalue weighted by Crippen LogP contribution is 2.37.